The second kappa shape index (κ2) is 7.40. The first-order valence-corrected chi connectivity index (χ1v) is 7.35. The van der Waals surface area contributed by atoms with Crippen LogP contribution in [0, 0.1) is 0 Å². The van der Waals surface area contributed by atoms with E-state index in [1.807, 2.05) is 51.1 Å². The minimum atomic E-state index is -1.03. The average Bonchev–Trinajstić information content (AvgIpc) is 2.44. The van der Waals surface area contributed by atoms with Crippen molar-refractivity contribution in [3.05, 3.63) is 35.9 Å². The molecule has 1 amide bonds. The first kappa shape index (κ1) is 18.2. The normalized spacial score (nSPS) is 14.0. The van der Waals surface area contributed by atoms with Gasteiger partial charge in [0.05, 0.1) is 13.5 Å². The van der Waals surface area contributed by atoms with Crippen molar-refractivity contribution in [2.75, 3.05) is 7.11 Å². The molecule has 0 bridgehead atoms. The van der Waals surface area contributed by atoms with Gasteiger partial charge in [0.2, 0.25) is 5.91 Å². The van der Waals surface area contributed by atoms with E-state index >= 15 is 0 Å². The summed E-state index contributed by atoms with van der Waals surface area (Å²) >= 11 is 0. The zero-order valence-corrected chi connectivity index (χ0v) is 14.0. The van der Waals surface area contributed by atoms with Crippen LogP contribution in [0.2, 0.25) is 0 Å². The molecule has 22 heavy (non-hydrogen) atoms. The molecule has 2 N–H and O–H groups in total. The Hall–Kier alpha value is -1.88. The molecule has 0 aliphatic rings. The van der Waals surface area contributed by atoms with E-state index in [4.69, 9.17) is 4.74 Å². The highest BCUT2D eigenvalue weighted by atomic mass is 16.5. The van der Waals surface area contributed by atoms with Gasteiger partial charge in [0.25, 0.3) is 0 Å². The largest absolute Gasteiger partial charge is 0.469 e. The van der Waals surface area contributed by atoms with Crippen LogP contribution in [0.3, 0.4) is 0 Å². The van der Waals surface area contributed by atoms with E-state index in [2.05, 4.69) is 10.6 Å². The van der Waals surface area contributed by atoms with Gasteiger partial charge in [-0.3, -0.25) is 14.9 Å². The quantitative estimate of drug-likeness (QED) is 0.789. The number of nitrogens with one attached hydrogen (secondary N) is 2. The lowest BCUT2D eigenvalue weighted by Gasteiger charge is -2.32. The Balaban J connectivity index is 2.86. The van der Waals surface area contributed by atoms with Crippen LogP contribution in [0.25, 0.3) is 0 Å². The summed E-state index contributed by atoms with van der Waals surface area (Å²) in [5.74, 6) is -0.645. The zero-order chi connectivity index (χ0) is 16.8. The van der Waals surface area contributed by atoms with Crippen molar-refractivity contribution in [2.45, 2.75) is 51.7 Å². The smallest absolute Gasteiger partial charge is 0.307 e. The van der Waals surface area contributed by atoms with Crippen molar-refractivity contribution >= 4 is 11.9 Å². The number of rotatable bonds is 6. The number of esters is 1. The predicted octanol–water partition coefficient (Wildman–Crippen LogP) is 2.01. The minimum Gasteiger partial charge on any atom is -0.469 e. The van der Waals surface area contributed by atoms with Gasteiger partial charge in [0, 0.05) is 12.1 Å². The molecule has 1 aromatic rings. The summed E-state index contributed by atoms with van der Waals surface area (Å²) in [6.45, 7) is 7.92. The molecule has 0 saturated carbocycles. The van der Waals surface area contributed by atoms with Gasteiger partial charge in [-0.2, -0.15) is 0 Å². The third kappa shape index (κ3) is 5.85. The highest BCUT2D eigenvalue weighted by Gasteiger charge is 2.37. The third-order valence-corrected chi connectivity index (χ3v) is 3.24. The van der Waals surface area contributed by atoms with Crippen molar-refractivity contribution in [3.63, 3.8) is 0 Å². The van der Waals surface area contributed by atoms with Gasteiger partial charge >= 0.3 is 5.97 Å². The van der Waals surface area contributed by atoms with Crippen LogP contribution in [0.5, 0.6) is 0 Å². The van der Waals surface area contributed by atoms with Gasteiger partial charge in [0.1, 0.15) is 5.54 Å². The first-order chi connectivity index (χ1) is 10.2. The lowest BCUT2D eigenvalue weighted by molar-refractivity contribution is -0.145. The van der Waals surface area contributed by atoms with Crippen molar-refractivity contribution in [3.8, 4) is 0 Å². The van der Waals surface area contributed by atoms with Crippen molar-refractivity contribution in [2.24, 2.45) is 0 Å². The summed E-state index contributed by atoms with van der Waals surface area (Å²) in [4.78, 5) is 24.2. The zero-order valence-electron chi connectivity index (χ0n) is 14.0. The molecule has 1 aromatic carbocycles. The number of benzene rings is 1. The number of carbonyl (C=O) groups excluding carboxylic acids is 2. The summed E-state index contributed by atoms with van der Waals surface area (Å²) in [5.41, 5.74) is -0.360. The third-order valence-electron chi connectivity index (χ3n) is 3.24. The molecule has 0 heterocycles. The Morgan fingerprint density at radius 2 is 1.68 bits per heavy atom. The van der Waals surface area contributed by atoms with E-state index in [1.165, 1.54) is 7.11 Å². The molecule has 122 valence electrons. The molecular weight excluding hydrogens is 280 g/mol. The fourth-order valence-corrected chi connectivity index (χ4v) is 1.96. The van der Waals surface area contributed by atoms with Crippen LogP contribution in [0.15, 0.2) is 30.3 Å². The van der Waals surface area contributed by atoms with E-state index in [1.54, 1.807) is 6.92 Å². The standard InChI is InChI=1S/C17H26N2O3/c1-16(2,3)19-15(21)17(4,11-14(20)22-5)18-12-13-9-7-6-8-10-13/h6-10,18H,11-12H2,1-5H3,(H,19,21). The molecule has 1 atom stereocenters. The van der Waals surface area contributed by atoms with Crippen LogP contribution < -0.4 is 10.6 Å². The molecule has 5 nitrogen and oxygen atoms in total. The number of hydrogen-bond donors (Lipinski definition) is 2. The lowest BCUT2D eigenvalue weighted by atomic mass is 9.94. The van der Waals surface area contributed by atoms with Gasteiger partial charge in [-0.05, 0) is 33.3 Å². The molecule has 0 radical (unpaired) electrons. The summed E-state index contributed by atoms with van der Waals surface area (Å²) in [6, 6.07) is 9.73. The summed E-state index contributed by atoms with van der Waals surface area (Å²) in [7, 11) is 1.32. The second-order valence-electron chi connectivity index (χ2n) is 6.63. The first-order valence-electron chi connectivity index (χ1n) is 7.35. The summed E-state index contributed by atoms with van der Waals surface area (Å²) in [6.07, 6.45) is -0.0295. The van der Waals surface area contributed by atoms with E-state index < -0.39 is 11.5 Å². The topological polar surface area (TPSA) is 67.4 Å². The van der Waals surface area contributed by atoms with Crippen molar-refractivity contribution in [1.82, 2.24) is 10.6 Å². The predicted molar refractivity (Wildman–Crippen MR) is 86.2 cm³/mol. The van der Waals surface area contributed by atoms with Crippen molar-refractivity contribution in [1.29, 1.82) is 0 Å². The number of methoxy groups -OCH3 is 1. The van der Waals surface area contributed by atoms with Crippen LogP contribution in [0.1, 0.15) is 39.7 Å². The van der Waals surface area contributed by atoms with E-state index in [0.29, 0.717) is 6.54 Å². The average molecular weight is 306 g/mol. The van der Waals surface area contributed by atoms with Gasteiger partial charge in [-0.1, -0.05) is 30.3 Å². The minimum absolute atomic E-state index is 0.0295. The molecule has 1 unspecified atom stereocenters. The van der Waals surface area contributed by atoms with E-state index in [9.17, 15) is 9.59 Å². The Labute approximate surface area is 132 Å². The monoisotopic (exact) mass is 306 g/mol. The molecule has 0 aliphatic heterocycles. The molecule has 1 rings (SSSR count). The van der Waals surface area contributed by atoms with Crippen LogP contribution in [0.4, 0.5) is 0 Å². The highest BCUT2D eigenvalue weighted by Crippen LogP contribution is 2.15. The van der Waals surface area contributed by atoms with Gasteiger partial charge in [0.15, 0.2) is 0 Å². The lowest BCUT2D eigenvalue weighted by Crippen LogP contribution is -2.59. The van der Waals surface area contributed by atoms with Gasteiger partial charge in [-0.15, -0.1) is 0 Å². The Kier molecular flexibility index (Phi) is 6.11. The molecule has 5 heteroatoms. The molecule has 0 fully saturated rings. The maximum atomic E-state index is 12.6. The summed E-state index contributed by atoms with van der Waals surface area (Å²) in [5, 5.41) is 6.10. The van der Waals surface area contributed by atoms with Crippen LogP contribution in [-0.4, -0.2) is 30.1 Å². The van der Waals surface area contributed by atoms with Crippen molar-refractivity contribution < 1.29 is 14.3 Å². The van der Waals surface area contributed by atoms with Gasteiger partial charge < -0.3 is 10.1 Å². The second-order valence-corrected chi connectivity index (χ2v) is 6.63. The maximum absolute atomic E-state index is 12.6. The number of hydrogen-bond acceptors (Lipinski definition) is 4. The Morgan fingerprint density at radius 1 is 1.09 bits per heavy atom. The summed E-state index contributed by atoms with van der Waals surface area (Å²) < 4.78 is 4.72. The molecule has 0 saturated heterocycles. The van der Waals surface area contributed by atoms with Crippen LogP contribution >= 0.6 is 0 Å². The number of ether oxygens (including phenoxy) is 1. The number of amides is 1. The highest BCUT2D eigenvalue weighted by molar-refractivity contribution is 5.90. The van der Waals surface area contributed by atoms with E-state index in [-0.39, 0.29) is 17.9 Å². The Morgan fingerprint density at radius 3 is 2.18 bits per heavy atom. The number of carbonyl (C=O) groups is 2. The van der Waals surface area contributed by atoms with E-state index in [0.717, 1.165) is 5.56 Å². The fourth-order valence-electron chi connectivity index (χ4n) is 1.96. The molecule has 0 aromatic heterocycles. The maximum Gasteiger partial charge on any atom is 0.307 e. The van der Waals surface area contributed by atoms with Crippen LogP contribution in [-0.2, 0) is 20.9 Å². The fraction of sp³-hybridized carbons (Fsp3) is 0.529. The molecule has 0 spiro atoms. The Bertz CT molecular complexity index is 508. The SMILES string of the molecule is COC(=O)CC(C)(NCc1ccccc1)C(=O)NC(C)(C)C. The van der Waals surface area contributed by atoms with Gasteiger partial charge in [-0.25, -0.2) is 0 Å². The molecule has 0 aliphatic carbocycles. The molecular formula is C17H26N2O3.